The minimum atomic E-state index is 0. The number of hydrogen-bond donors (Lipinski definition) is 1. The highest BCUT2D eigenvalue weighted by atomic mass is 79.9. The van der Waals surface area contributed by atoms with Crippen molar-refractivity contribution in [1.29, 1.82) is 0 Å². The summed E-state index contributed by atoms with van der Waals surface area (Å²) in [6, 6.07) is 12.1. The van der Waals surface area contributed by atoms with Crippen molar-refractivity contribution in [3.05, 3.63) is 59.9 Å². The number of fused-ring (bicyclic) bond motifs is 1. The number of nitrogens with one attached hydrogen (secondary N) is 1. The molecule has 3 nitrogen and oxygen atoms in total. The van der Waals surface area contributed by atoms with Crippen LogP contribution in [0.15, 0.2) is 48.8 Å². The topological polar surface area (TPSA) is 33.0 Å². The molecule has 1 N–H and O–H groups in total. The first-order valence-corrected chi connectivity index (χ1v) is 10.2. The predicted octanol–water partition coefficient (Wildman–Crippen LogP) is 2.47. The van der Waals surface area contributed by atoms with Crippen molar-refractivity contribution in [2.75, 3.05) is 5.32 Å². The molecule has 146 valence electrons. The molecule has 0 spiro atoms. The van der Waals surface area contributed by atoms with E-state index in [2.05, 4.69) is 41.3 Å². The molecule has 1 unspecified atom stereocenters. The van der Waals surface area contributed by atoms with Crippen LogP contribution in [0.1, 0.15) is 80.3 Å². The second-order valence-electron chi connectivity index (χ2n) is 7.37. The minimum Gasteiger partial charge on any atom is -1.00 e. The highest BCUT2D eigenvalue weighted by Crippen LogP contribution is 2.31. The number of para-hydroxylation sites is 1. The van der Waals surface area contributed by atoms with E-state index in [9.17, 15) is 4.79 Å². The van der Waals surface area contributed by atoms with Crippen LogP contribution in [0.2, 0.25) is 0 Å². The molecule has 0 fully saturated rings. The fraction of sp³-hybridized carbons (Fsp3) is 0.478. The van der Waals surface area contributed by atoms with Gasteiger partial charge in [-0.25, -0.2) is 4.57 Å². The first kappa shape index (κ1) is 21.6. The molecule has 0 saturated heterocycles. The largest absolute Gasteiger partial charge is 1.00 e. The van der Waals surface area contributed by atoms with Gasteiger partial charge in [-0.05, 0) is 24.6 Å². The van der Waals surface area contributed by atoms with Crippen molar-refractivity contribution < 1.29 is 26.3 Å². The third kappa shape index (κ3) is 6.17. The Labute approximate surface area is 174 Å². The van der Waals surface area contributed by atoms with Gasteiger partial charge in [0.2, 0.25) is 0 Å². The van der Waals surface area contributed by atoms with Gasteiger partial charge in [0.1, 0.15) is 6.54 Å². The Morgan fingerprint density at radius 2 is 1.74 bits per heavy atom. The number of nitrogens with zero attached hydrogens (tertiary/aromatic N) is 1. The molecule has 0 amide bonds. The highest BCUT2D eigenvalue weighted by Gasteiger charge is 2.26. The summed E-state index contributed by atoms with van der Waals surface area (Å²) in [7, 11) is 0. The Bertz CT molecular complexity index is 732. The van der Waals surface area contributed by atoms with Crippen LogP contribution in [0.4, 0.5) is 5.69 Å². The van der Waals surface area contributed by atoms with Crippen LogP contribution in [0.5, 0.6) is 0 Å². The van der Waals surface area contributed by atoms with Gasteiger partial charge < -0.3 is 22.3 Å². The number of hydrogen-bond acceptors (Lipinski definition) is 2. The van der Waals surface area contributed by atoms with Crippen molar-refractivity contribution in [3.63, 3.8) is 0 Å². The molecule has 1 aliphatic heterocycles. The fourth-order valence-corrected chi connectivity index (χ4v) is 3.73. The summed E-state index contributed by atoms with van der Waals surface area (Å²) in [5, 5.41) is 3.53. The standard InChI is InChI=1S/C23H30N2O.BrH/c1-2-3-4-5-6-7-10-15-25-16-11-12-19(18-25)22-17-23(26)20-13-8-9-14-21(20)24-22;/h8-9,11-14,16,18,22H,2-7,10,15,17H2,1H3;1H. The summed E-state index contributed by atoms with van der Waals surface area (Å²) in [4.78, 5) is 12.4. The van der Waals surface area contributed by atoms with E-state index in [1.807, 2.05) is 24.3 Å². The number of Topliss-reactive ketones (excluding diaryl/α,β-unsaturated/α-hetero) is 1. The second-order valence-corrected chi connectivity index (χ2v) is 7.37. The lowest BCUT2D eigenvalue weighted by Crippen LogP contribution is -3.00. The molecule has 0 radical (unpaired) electrons. The lowest BCUT2D eigenvalue weighted by atomic mass is 9.93. The molecule has 2 heterocycles. The van der Waals surface area contributed by atoms with Gasteiger partial charge >= 0.3 is 0 Å². The molecule has 0 saturated carbocycles. The average Bonchev–Trinajstić information content (AvgIpc) is 2.67. The minimum absolute atomic E-state index is 0. The van der Waals surface area contributed by atoms with Gasteiger partial charge in [0.15, 0.2) is 18.2 Å². The van der Waals surface area contributed by atoms with Crippen molar-refractivity contribution in [1.82, 2.24) is 0 Å². The Morgan fingerprint density at radius 1 is 1.00 bits per heavy atom. The van der Waals surface area contributed by atoms with E-state index in [0.29, 0.717) is 6.42 Å². The first-order valence-electron chi connectivity index (χ1n) is 10.2. The Balaban J connectivity index is 0.00000261. The summed E-state index contributed by atoms with van der Waals surface area (Å²) < 4.78 is 2.27. The molecule has 0 aliphatic carbocycles. The third-order valence-corrected chi connectivity index (χ3v) is 5.25. The lowest BCUT2D eigenvalue weighted by Gasteiger charge is -2.25. The molecule has 1 aromatic carbocycles. The maximum atomic E-state index is 12.4. The average molecular weight is 431 g/mol. The molecule has 27 heavy (non-hydrogen) atoms. The summed E-state index contributed by atoms with van der Waals surface area (Å²) in [5.74, 6) is 0.229. The maximum Gasteiger partial charge on any atom is 0.174 e. The number of ketones is 1. The van der Waals surface area contributed by atoms with E-state index in [1.54, 1.807) is 0 Å². The van der Waals surface area contributed by atoms with Crippen molar-refractivity contribution in [2.24, 2.45) is 0 Å². The number of benzene rings is 1. The molecule has 1 aliphatic rings. The van der Waals surface area contributed by atoms with Crippen molar-refractivity contribution in [2.45, 2.75) is 70.9 Å². The Hall–Kier alpha value is -1.68. The van der Waals surface area contributed by atoms with Gasteiger partial charge in [0, 0.05) is 35.7 Å². The van der Waals surface area contributed by atoms with E-state index in [0.717, 1.165) is 17.8 Å². The number of unbranched alkanes of at least 4 members (excludes halogenated alkanes) is 6. The summed E-state index contributed by atoms with van der Waals surface area (Å²) in [6.45, 7) is 3.32. The summed E-state index contributed by atoms with van der Waals surface area (Å²) in [5.41, 5.74) is 2.96. The number of carbonyl (C=O) groups is 1. The summed E-state index contributed by atoms with van der Waals surface area (Å²) >= 11 is 0. The van der Waals surface area contributed by atoms with E-state index in [1.165, 1.54) is 50.5 Å². The van der Waals surface area contributed by atoms with Crippen LogP contribution in [0, 0.1) is 0 Å². The number of aryl methyl sites for hydroxylation is 1. The molecule has 1 atom stereocenters. The molecular formula is C23H31BrN2O. The molecular weight excluding hydrogens is 400 g/mol. The normalized spacial score (nSPS) is 15.6. The Kier molecular flexibility index (Phi) is 8.99. The molecule has 2 aromatic rings. The zero-order valence-corrected chi connectivity index (χ0v) is 17.9. The molecule has 1 aromatic heterocycles. The quantitative estimate of drug-likeness (QED) is 0.489. The van der Waals surface area contributed by atoms with Crippen LogP contribution in [0.25, 0.3) is 0 Å². The second kappa shape index (κ2) is 11.2. The smallest absolute Gasteiger partial charge is 0.174 e. The highest BCUT2D eigenvalue weighted by molar-refractivity contribution is 6.03. The zero-order chi connectivity index (χ0) is 18.2. The van der Waals surface area contributed by atoms with Crippen LogP contribution >= 0.6 is 0 Å². The van der Waals surface area contributed by atoms with E-state index in [-0.39, 0.29) is 28.8 Å². The number of pyridine rings is 1. The van der Waals surface area contributed by atoms with Crippen molar-refractivity contribution >= 4 is 11.5 Å². The SMILES string of the molecule is CCCCCCCCC[n+]1cccc(C2CC(=O)c3ccccc3N2)c1.[Br-]. The first-order chi connectivity index (χ1) is 12.8. The lowest BCUT2D eigenvalue weighted by molar-refractivity contribution is -0.697. The van der Waals surface area contributed by atoms with Crippen LogP contribution in [0.3, 0.4) is 0 Å². The summed E-state index contributed by atoms with van der Waals surface area (Å²) in [6.07, 6.45) is 14.2. The van der Waals surface area contributed by atoms with E-state index < -0.39 is 0 Å². The van der Waals surface area contributed by atoms with Gasteiger partial charge in [-0.15, -0.1) is 0 Å². The van der Waals surface area contributed by atoms with Crippen LogP contribution in [-0.2, 0) is 6.54 Å². The van der Waals surface area contributed by atoms with E-state index >= 15 is 0 Å². The number of aromatic nitrogens is 1. The van der Waals surface area contributed by atoms with E-state index in [4.69, 9.17) is 0 Å². The predicted molar refractivity (Wildman–Crippen MR) is 106 cm³/mol. The fourth-order valence-electron chi connectivity index (χ4n) is 3.73. The van der Waals surface area contributed by atoms with Gasteiger partial charge in [0.25, 0.3) is 0 Å². The van der Waals surface area contributed by atoms with Gasteiger partial charge in [-0.1, -0.05) is 51.2 Å². The van der Waals surface area contributed by atoms with Gasteiger partial charge in [0.05, 0.1) is 6.04 Å². The number of carbonyl (C=O) groups excluding carboxylic acids is 1. The number of anilines is 1. The van der Waals surface area contributed by atoms with Gasteiger partial charge in [-0.3, -0.25) is 4.79 Å². The number of rotatable bonds is 9. The van der Waals surface area contributed by atoms with Crippen LogP contribution in [-0.4, -0.2) is 5.78 Å². The van der Waals surface area contributed by atoms with Crippen LogP contribution < -0.4 is 26.9 Å². The van der Waals surface area contributed by atoms with Gasteiger partial charge in [-0.2, -0.15) is 0 Å². The third-order valence-electron chi connectivity index (χ3n) is 5.25. The zero-order valence-electron chi connectivity index (χ0n) is 16.3. The maximum absolute atomic E-state index is 12.4. The van der Waals surface area contributed by atoms with Crippen molar-refractivity contribution in [3.8, 4) is 0 Å². The molecule has 0 bridgehead atoms. The number of halogens is 1. The monoisotopic (exact) mass is 430 g/mol. The Morgan fingerprint density at radius 3 is 2.56 bits per heavy atom. The molecule has 3 rings (SSSR count). The molecule has 4 heteroatoms.